The lowest BCUT2D eigenvalue weighted by Gasteiger charge is -2.26. The van der Waals surface area contributed by atoms with Crippen LogP contribution in [0.15, 0.2) is 224 Å². The van der Waals surface area contributed by atoms with E-state index in [2.05, 4.69) is 238 Å². The normalized spacial score (nSPS) is 11.4. The summed E-state index contributed by atoms with van der Waals surface area (Å²) in [6.45, 7) is 2.14. The van der Waals surface area contributed by atoms with E-state index in [9.17, 15) is 0 Å². The van der Waals surface area contributed by atoms with E-state index in [0.29, 0.717) is 0 Å². The molecule has 0 N–H and O–H groups in total. The predicted molar refractivity (Wildman–Crippen MR) is 253 cm³/mol. The summed E-state index contributed by atoms with van der Waals surface area (Å²) in [6, 6.07) is 79.7. The molecular weight excluding hydrogens is 745 g/mol. The first-order valence-corrected chi connectivity index (χ1v) is 20.6. The van der Waals surface area contributed by atoms with E-state index in [1.165, 1.54) is 10.8 Å². The number of hydrogen-bond acceptors (Lipinski definition) is 4. The zero-order chi connectivity index (χ0) is 40.7. The van der Waals surface area contributed by atoms with E-state index in [1.807, 2.05) is 22.9 Å². The maximum absolute atomic E-state index is 4.47. The molecule has 0 saturated heterocycles. The number of anilines is 6. The van der Waals surface area contributed by atoms with Crippen molar-refractivity contribution in [2.75, 3.05) is 9.80 Å². The lowest BCUT2D eigenvalue weighted by Crippen LogP contribution is -2.09. The number of benzene rings is 9. The number of nitrogens with zero attached hydrogens (tertiary/aromatic N) is 6. The molecule has 0 bridgehead atoms. The number of aromatic nitrogens is 4. The molecule has 0 aliphatic carbocycles. The maximum atomic E-state index is 4.47. The molecule has 0 saturated carbocycles. The van der Waals surface area contributed by atoms with Crippen molar-refractivity contribution < 1.29 is 0 Å². The second-order valence-electron chi connectivity index (χ2n) is 15.3. The Bertz CT molecular complexity index is 3080. The summed E-state index contributed by atoms with van der Waals surface area (Å²) in [5.74, 6) is 0. The summed E-state index contributed by atoms with van der Waals surface area (Å²) in [5, 5.41) is 11.2. The van der Waals surface area contributed by atoms with Gasteiger partial charge in [0.15, 0.2) is 0 Å². The highest BCUT2D eigenvalue weighted by molar-refractivity contribution is 6.12. The fourth-order valence-electron chi connectivity index (χ4n) is 8.68. The monoisotopic (exact) mass is 784 g/mol. The summed E-state index contributed by atoms with van der Waals surface area (Å²) >= 11 is 0. The Morgan fingerprint density at radius 2 is 0.836 bits per heavy atom. The molecule has 0 unspecified atom stereocenters. The van der Waals surface area contributed by atoms with Crippen LogP contribution in [-0.2, 0) is 0 Å². The minimum Gasteiger partial charge on any atom is -0.310 e. The van der Waals surface area contributed by atoms with Crippen LogP contribution in [0.25, 0.3) is 55.3 Å². The SMILES string of the molecule is Cc1cc(-c2ccc(-n3c4ccc(N(c5ccccc5)c5ccccc5)cc4c4cc(N(c5ccccc5)c5ccccc5)ccc43)cc2)ccc1-n1nnc2ccccc21. The van der Waals surface area contributed by atoms with Crippen LogP contribution in [0.5, 0.6) is 0 Å². The number of rotatable bonds is 9. The van der Waals surface area contributed by atoms with Crippen LogP contribution >= 0.6 is 0 Å². The highest BCUT2D eigenvalue weighted by Crippen LogP contribution is 2.43. The highest BCUT2D eigenvalue weighted by Gasteiger charge is 2.20. The number of fused-ring (bicyclic) bond motifs is 4. The van der Waals surface area contributed by atoms with Gasteiger partial charge in [-0.25, -0.2) is 4.68 Å². The molecule has 0 amide bonds. The van der Waals surface area contributed by atoms with Gasteiger partial charge in [0.2, 0.25) is 0 Å². The van der Waals surface area contributed by atoms with Crippen LogP contribution in [0.4, 0.5) is 34.1 Å². The van der Waals surface area contributed by atoms with Gasteiger partial charge < -0.3 is 14.4 Å². The summed E-state index contributed by atoms with van der Waals surface area (Å²) < 4.78 is 4.32. The number of para-hydroxylation sites is 5. The molecule has 290 valence electrons. The topological polar surface area (TPSA) is 42.1 Å². The van der Waals surface area contributed by atoms with Gasteiger partial charge in [-0.15, -0.1) is 5.10 Å². The van der Waals surface area contributed by atoms with Gasteiger partial charge in [-0.05, 0) is 145 Å². The van der Waals surface area contributed by atoms with Crippen molar-refractivity contribution >= 4 is 67.0 Å². The van der Waals surface area contributed by atoms with Gasteiger partial charge in [0, 0.05) is 50.6 Å². The third-order valence-corrected chi connectivity index (χ3v) is 11.5. The van der Waals surface area contributed by atoms with Crippen LogP contribution in [0.2, 0.25) is 0 Å². The highest BCUT2D eigenvalue weighted by atomic mass is 15.4. The first kappa shape index (κ1) is 35.9. The summed E-state index contributed by atoms with van der Waals surface area (Å²) in [6.07, 6.45) is 0. The van der Waals surface area contributed by atoms with Gasteiger partial charge in [-0.2, -0.15) is 0 Å². The van der Waals surface area contributed by atoms with E-state index >= 15 is 0 Å². The van der Waals surface area contributed by atoms with Crippen LogP contribution in [0.1, 0.15) is 5.56 Å². The zero-order valence-electron chi connectivity index (χ0n) is 33.5. The minimum absolute atomic E-state index is 0.883. The molecule has 0 radical (unpaired) electrons. The Kier molecular flexibility index (Phi) is 8.94. The molecule has 6 nitrogen and oxygen atoms in total. The Hall–Kier alpha value is -8.22. The molecule has 9 aromatic carbocycles. The molecule has 61 heavy (non-hydrogen) atoms. The standard InChI is InChI=1S/C55H40N6/c1-39-36-41(28-33-52(39)61-55-25-15-14-24-51(55)56-57-61)40-26-29-46(30-27-40)60-53-34-31-47(58(42-16-6-2-7-17-42)43-18-8-3-9-19-43)37-49(53)50-38-48(32-35-54(50)60)59(44-20-10-4-11-21-44)45-22-12-5-13-23-45/h2-38H,1H3. The molecule has 0 aliphatic rings. The van der Waals surface area contributed by atoms with E-state index in [4.69, 9.17) is 0 Å². The second-order valence-corrected chi connectivity index (χ2v) is 15.3. The van der Waals surface area contributed by atoms with E-state index in [0.717, 1.165) is 84.3 Å². The van der Waals surface area contributed by atoms with Gasteiger partial charge in [0.25, 0.3) is 0 Å². The predicted octanol–water partition coefficient (Wildman–Crippen LogP) is 14.4. The first-order chi connectivity index (χ1) is 30.2. The van der Waals surface area contributed by atoms with Gasteiger partial charge in [0.05, 0.1) is 22.2 Å². The lowest BCUT2D eigenvalue weighted by atomic mass is 10.0. The van der Waals surface area contributed by atoms with Crippen LogP contribution in [0.3, 0.4) is 0 Å². The average Bonchev–Trinajstić information content (AvgIpc) is 3.90. The molecule has 0 atom stereocenters. The second kappa shape index (κ2) is 15.2. The number of aryl methyl sites for hydroxylation is 1. The molecular formula is C55H40N6. The Morgan fingerprint density at radius 1 is 0.377 bits per heavy atom. The molecule has 11 aromatic rings. The zero-order valence-corrected chi connectivity index (χ0v) is 33.5. The molecule has 0 fully saturated rings. The van der Waals surface area contributed by atoms with Gasteiger partial charge in [0.1, 0.15) is 5.52 Å². The summed E-state index contributed by atoms with van der Waals surface area (Å²) in [7, 11) is 0. The first-order valence-electron chi connectivity index (χ1n) is 20.6. The number of hydrogen-bond donors (Lipinski definition) is 0. The Labute approximate surface area is 354 Å². The smallest absolute Gasteiger partial charge is 0.113 e. The van der Waals surface area contributed by atoms with Crippen LogP contribution in [0, 0.1) is 6.92 Å². The van der Waals surface area contributed by atoms with Crippen LogP contribution in [-0.4, -0.2) is 19.6 Å². The lowest BCUT2D eigenvalue weighted by molar-refractivity contribution is 0.819. The van der Waals surface area contributed by atoms with Crippen molar-refractivity contribution in [1.82, 2.24) is 19.6 Å². The molecule has 0 spiro atoms. The van der Waals surface area contributed by atoms with Crippen molar-refractivity contribution in [2.24, 2.45) is 0 Å². The average molecular weight is 785 g/mol. The third-order valence-electron chi connectivity index (χ3n) is 11.5. The van der Waals surface area contributed by atoms with Crippen molar-refractivity contribution in [3.8, 4) is 22.5 Å². The summed E-state index contributed by atoms with van der Waals surface area (Å²) in [5.41, 5.74) is 16.3. The van der Waals surface area contributed by atoms with Crippen molar-refractivity contribution in [1.29, 1.82) is 0 Å². The fraction of sp³-hybridized carbons (Fsp3) is 0.0182. The molecule has 6 heteroatoms. The maximum Gasteiger partial charge on any atom is 0.113 e. The van der Waals surface area contributed by atoms with E-state index < -0.39 is 0 Å². The summed E-state index contributed by atoms with van der Waals surface area (Å²) in [4.78, 5) is 4.67. The van der Waals surface area contributed by atoms with Crippen molar-refractivity contribution in [3.63, 3.8) is 0 Å². The van der Waals surface area contributed by atoms with E-state index in [-0.39, 0.29) is 0 Å². The molecule has 0 aliphatic heterocycles. The molecule has 2 aromatic heterocycles. The van der Waals surface area contributed by atoms with Crippen molar-refractivity contribution in [2.45, 2.75) is 6.92 Å². The van der Waals surface area contributed by atoms with Gasteiger partial charge in [-0.1, -0.05) is 108 Å². The van der Waals surface area contributed by atoms with Crippen LogP contribution < -0.4 is 9.80 Å². The molecule has 2 heterocycles. The molecule has 11 rings (SSSR count). The minimum atomic E-state index is 0.883. The van der Waals surface area contributed by atoms with Gasteiger partial charge >= 0.3 is 0 Å². The van der Waals surface area contributed by atoms with E-state index in [1.54, 1.807) is 0 Å². The van der Waals surface area contributed by atoms with Gasteiger partial charge in [-0.3, -0.25) is 0 Å². The Morgan fingerprint density at radius 3 is 1.33 bits per heavy atom. The largest absolute Gasteiger partial charge is 0.310 e. The van der Waals surface area contributed by atoms with Crippen molar-refractivity contribution in [3.05, 3.63) is 230 Å². The fourth-order valence-corrected chi connectivity index (χ4v) is 8.68. The Balaban J connectivity index is 1.06. The quantitative estimate of drug-likeness (QED) is 0.146. The third kappa shape index (κ3) is 6.47.